The lowest BCUT2D eigenvalue weighted by Gasteiger charge is -2.13. The van der Waals surface area contributed by atoms with Crippen molar-refractivity contribution in [2.24, 2.45) is 0 Å². The molecule has 1 aromatic heterocycles. The predicted octanol–water partition coefficient (Wildman–Crippen LogP) is 5.47. The van der Waals surface area contributed by atoms with E-state index in [1.165, 1.54) is 0 Å². The van der Waals surface area contributed by atoms with Gasteiger partial charge in [0.15, 0.2) is 0 Å². The molecule has 0 fully saturated rings. The minimum absolute atomic E-state index is 0.0990. The number of aromatic hydroxyl groups is 1. The van der Waals surface area contributed by atoms with Gasteiger partial charge in [0.05, 0.1) is 5.56 Å². The highest BCUT2D eigenvalue weighted by Crippen LogP contribution is 2.42. The summed E-state index contributed by atoms with van der Waals surface area (Å²) in [6, 6.07) is 24.6. The van der Waals surface area contributed by atoms with Gasteiger partial charge in [0.2, 0.25) is 0 Å². The maximum absolute atomic E-state index is 12.7. The molecule has 0 atom stereocenters. The lowest BCUT2D eigenvalue weighted by molar-refractivity contribution is 0.483. The van der Waals surface area contributed by atoms with Crippen LogP contribution in [-0.4, -0.2) is 5.11 Å². The van der Waals surface area contributed by atoms with Crippen LogP contribution in [0.2, 0.25) is 0 Å². The minimum atomic E-state index is -0.459. The summed E-state index contributed by atoms with van der Waals surface area (Å²) in [5.74, 6) is 0.0990. The Labute approximate surface area is 148 Å². The summed E-state index contributed by atoms with van der Waals surface area (Å²) in [4.78, 5) is 12.7. The molecule has 1 N–H and O–H groups in total. The third-order valence-electron chi connectivity index (χ3n) is 4.82. The fraction of sp³-hybridized carbons (Fsp3) is 0. The van der Waals surface area contributed by atoms with Crippen LogP contribution in [-0.2, 0) is 0 Å². The Morgan fingerprint density at radius 3 is 2.04 bits per heavy atom. The van der Waals surface area contributed by atoms with Crippen LogP contribution in [0.15, 0.2) is 88.1 Å². The van der Waals surface area contributed by atoms with E-state index in [4.69, 9.17) is 4.42 Å². The van der Waals surface area contributed by atoms with Crippen molar-refractivity contribution < 1.29 is 9.52 Å². The summed E-state index contributed by atoms with van der Waals surface area (Å²) in [5.41, 5.74) is 0.951. The van der Waals surface area contributed by atoms with Crippen LogP contribution in [0.3, 0.4) is 0 Å². The molecule has 0 saturated heterocycles. The SMILES string of the molecule is O=c1oc2ccccc2cc1-c1c(O)c2ccccc2c2ccccc12. The van der Waals surface area contributed by atoms with Crippen LogP contribution in [0.5, 0.6) is 5.75 Å². The molecule has 26 heavy (non-hydrogen) atoms. The highest BCUT2D eigenvalue weighted by molar-refractivity contribution is 6.17. The lowest BCUT2D eigenvalue weighted by atomic mass is 9.92. The molecule has 0 aliphatic heterocycles. The molecule has 0 unspecified atom stereocenters. The van der Waals surface area contributed by atoms with E-state index < -0.39 is 5.63 Å². The molecule has 0 saturated carbocycles. The summed E-state index contributed by atoms with van der Waals surface area (Å²) < 4.78 is 5.50. The Kier molecular flexibility index (Phi) is 3.09. The van der Waals surface area contributed by atoms with Gasteiger partial charge in [-0.25, -0.2) is 4.79 Å². The summed E-state index contributed by atoms with van der Waals surface area (Å²) in [5, 5.41) is 15.3. The predicted molar refractivity (Wildman–Crippen MR) is 105 cm³/mol. The summed E-state index contributed by atoms with van der Waals surface area (Å²) >= 11 is 0. The van der Waals surface area contributed by atoms with E-state index in [1.54, 1.807) is 12.1 Å². The number of benzene rings is 4. The van der Waals surface area contributed by atoms with Gasteiger partial charge in [0, 0.05) is 16.3 Å². The number of para-hydroxylation sites is 1. The van der Waals surface area contributed by atoms with E-state index in [9.17, 15) is 9.90 Å². The summed E-state index contributed by atoms with van der Waals surface area (Å²) in [6.45, 7) is 0. The summed E-state index contributed by atoms with van der Waals surface area (Å²) in [7, 11) is 0. The second-order valence-corrected chi connectivity index (χ2v) is 6.30. The van der Waals surface area contributed by atoms with Gasteiger partial charge in [-0.15, -0.1) is 0 Å². The van der Waals surface area contributed by atoms with E-state index in [-0.39, 0.29) is 5.75 Å². The number of fused-ring (bicyclic) bond motifs is 4. The Hall–Kier alpha value is -3.59. The van der Waals surface area contributed by atoms with Crippen LogP contribution in [0.4, 0.5) is 0 Å². The van der Waals surface area contributed by atoms with E-state index in [0.29, 0.717) is 22.1 Å². The first-order valence-electron chi connectivity index (χ1n) is 8.40. The second-order valence-electron chi connectivity index (χ2n) is 6.30. The molecule has 0 amide bonds. The average Bonchev–Trinajstić information content (AvgIpc) is 2.68. The molecule has 0 aliphatic rings. The van der Waals surface area contributed by atoms with Gasteiger partial charge in [-0.3, -0.25) is 0 Å². The molecule has 3 heteroatoms. The quantitative estimate of drug-likeness (QED) is 0.325. The molecule has 1 heterocycles. The largest absolute Gasteiger partial charge is 0.507 e. The van der Waals surface area contributed by atoms with E-state index in [2.05, 4.69) is 0 Å². The molecular weight excluding hydrogens is 324 g/mol. The second kappa shape index (κ2) is 5.46. The summed E-state index contributed by atoms with van der Waals surface area (Å²) in [6.07, 6.45) is 0. The van der Waals surface area contributed by atoms with Gasteiger partial charge in [-0.05, 0) is 28.3 Å². The van der Waals surface area contributed by atoms with Crippen LogP contribution >= 0.6 is 0 Å². The van der Waals surface area contributed by atoms with Crippen LogP contribution in [0.1, 0.15) is 0 Å². The molecule has 4 aromatic carbocycles. The average molecular weight is 338 g/mol. The smallest absolute Gasteiger partial charge is 0.344 e. The maximum Gasteiger partial charge on any atom is 0.344 e. The van der Waals surface area contributed by atoms with Gasteiger partial charge in [0.25, 0.3) is 0 Å². The number of rotatable bonds is 1. The monoisotopic (exact) mass is 338 g/mol. The standard InChI is InChI=1S/C23H14O3/c24-22-18-11-5-3-9-16(18)15-8-2-4-10-17(15)21(22)19-13-14-7-1-6-12-20(14)26-23(19)25/h1-13,24H. The van der Waals surface area contributed by atoms with E-state index in [0.717, 1.165) is 21.5 Å². The molecule has 3 nitrogen and oxygen atoms in total. The molecule has 0 radical (unpaired) electrons. The first kappa shape index (κ1) is 14.7. The van der Waals surface area contributed by atoms with Crippen molar-refractivity contribution in [3.8, 4) is 16.9 Å². The van der Waals surface area contributed by atoms with Crippen LogP contribution < -0.4 is 5.63 Å². The van der Waals surface area contributed by atoms with Gasteiger partial charge >= 0.3 is 5.63 Å². The van der Waals surface area contributed by atoms with E-state index >= 15 is 0 Å². The molecule has 0 aliphatic carbocycles. The zero-order valence-corrected chi connectivity index (χ0v) is 13.8. The molecule has 0 bridgehead atoms. The first-order valence-corrected chi connectivity index (χ1v) is 8.40. The topological polar surface area (TPSA) is 50.4 Å². The Balaban J connectivity index is 2.00. The first-order chi connectivity index (χ1) is 12.7. The van der Waals surface area contributed by atoms with Gasteiger partial charge in [-0.1, -0.05) is 66.7 Å². The third-order valence-corrected chi connectivity index (χ3v) is 4.82. The van der Waals surface area contributed by atoms with Crippen LogP contribution in [0.25, 0.3) is 43.6 Å². The van der Waals surface area contributed by atoms with Crippen LogP contribution in [0, 0.1) is 0 Å². The molecule has 124 valence electrons. The van der Waals surface area contributed by atoms with Crippen molar-refractivity contribution in [1.82, 2.24) is 0 Å². The zero-order valence-electron chi connectivity index (χ0n) is 13.8. The number of hydrogen-bond acceptors (Lipinski definition) is 3. The van der Waals surface area contributed by atoms with Crippen molar-refractivity contribution in [2.75, 3.05) is 0 Å². The minimum Gasteiger partial charge on any atom is -0.507 e. The highest BCUT2D eigenvalue weighted by Gasteiger charge is 2.18. The van der Waals surface area contributed by atoms with Gasteiger partial charge in [-0.2, -0.15) is 0 Å². The third kappa shape index (κ3) is 2.04. The normalized spacial score (nSPS) is 11.4. The fourth-order valence-electron chi connectivity index (χ4n) is 3.63. The molecule has 5 aromatic rings. The Morgan fingerprint density at radius 2 is 1.27 bits per heavy atom. The van der Waals surface area contributed by atoms with Crippen molar-refractivity contribution in [2.45, 2.75) is 0 Å². The Bertz CT molecular complexity index is 1360. The van der Waals surface area contributed by atoms with Crippen molar-refractivity contribution in [3.63, 3.8) is 0 Å². The van der Waals surface area contributed by atoms with Gasteiger partial charge < -0.3 is 9.52 Å². The zero-order chi connectivity index (χ0) is 17.7. The molecular formula is C23H14O3. The molecule has 5 rings (SSSR count). The van der Waals surface area contributed by atoms with E-state index in [1.807, 2.05) is 66.7 Å². The fourth-order valence-corrected chi connectivity index (χ4v) is 3.63. The van der Waals surface area contributed by atoms with Crippen molar-refractivity contribution in [1.29, 1.82) is 0 Å². The number of phenolic OH excluding ortho intramolecular Hbond substituents is 1. The lowest BCUT2D eigenvalue weighted by Crippen LogP contribution is -2.03. The number of phenols is 1. The Morgan fingerprint density at radius 1 is 0.692 bits per heavy atom. The van der Waals surface area contributed by atoms with Crippen molar-refractivity contribution in [3.05, 3.63) is 89.3 Å². The molecule has 0 spiro atoms. The maximum atomic E-state index is 12.7. The highest BCUT2D eigenvalue weighted by atomic mass is 16.4. The van der Waals surface area contributed by atoms with Crippen molar-refractivity contribution >= 4 is 32.5 Å². The van der Waals surface area contributed by atoms with Gasteiger partial charge in [0.1, 0.15) is 11.3 Å². The number of hydrogen-bond donors (Lipinski definition) is 1.